The number of hydrogen-bond donors (Lipinski definition) is 1. The highest BCUT2D eigenvalue weighted by atomic mass is 19.1. The third-order valence-electron chi connectivity index (χ3n) is 6.92. The zero-order chi connectivity index (χ0) is 20.7. The first-order valence-electron chi connectivity index (χ1n) is 11.0. The maximum atomic E-state index is 14.0. The van der Waals surface area contributed by atoms with Crippen LogP contribution in [0.3, 0.4) is 0 Å². The number of fused-ring (bicyclic) bond motifs is 1. The zero-order valence-corrected chi connectivity index (χ0v) is 17.1. The predicted molar refractivity (Wildman–Crippen MR) is 111 cm³/mol. The van der Waals surface area contributed by atoms with Crippen molar-refractivity contribution in [3.05, 3.63) is 63.1 Å². The van der Waals surface area contributed by atoms with Crippen LogP contribution >= 0.6 is 0 Å². The number of nitrogens with one attached hydrogen (secondary N) is 1. The molecule has 1 unspecified atom stereocenters. The Bertz CT molecular complexity index is 1010. The fourth-order valence-corrected chi connectivity index (χ4v) is 5.21. The smallest absolute Gasteiger partial charge is 0.256 e. The summed E-state index contributed by atoms with van der Waals surface area (Å²) in [7, 11) is 0. The summed E-state index contributed by atoms with van der Waals surface area (Å²) in [5.74, 6) is -0.162. The molecule has 3 aliphatic rings. The van der Waals surface area contributed by atoms with Crippen molar-refractivity contribution in [2.24, 2.45) is 0 Å². The van der Waals surface area contributed by atoms with Crippen LogP contribution in [0.1, 0.15) is 65.5 Å². The number of amides is 1. The number of aromatic amines is 1. The normalized spacial score (nSPS) is 22.4. The molecule has 1 saturated carbocycles. The molecule has 1 aromatic carbocycles. The Morgan fingerprint density at radius 1 is 1.13 bits per heavy atom. The Kier molecular flexibility index (Phi) is 5.15. The van der Waals surface area contributed by atoms with Crippen molar-refractivity contribution in [3.8, 4) is 0 Å². The number of nitrogens with zero attached hydrogens (tertiary/aromatic N) is 3. The minimum atomic E-state index is -0.502. The van der Waals surface area contributed by atoms with E-state index in [0.717, 1.165) is 30.6 Å². The quantitative estimate of drug-likeness (QED) is 0.845. The highest BCUT2D eigenvalue weighted by Crippen LogP contribution is 2.29. The molecule has 5 rings (SSSR count). The molecule has 0 radical (unpaired) electrons. The van der Waals surface area contributed by atoms with E-state index in [2.05, 4.69) is 9.88 Å². The van der Waals surface area contributed by atoms with Gasteiger partial charge in [-0.25, -0.2) is 9.37 Å². The van der Waals surface area contributed by atoms with E-state index >= 15 is 0 Å². The summed E-state index contributed by atoms with van der Waals surface area (Å²) < 4.78 is 14.0. The number of benzene rings is 1. The summed E-state index contributed by atoms with van der Waals surface area (Å²) in [6.45, 7) is 2.62. The molecule has 7 heteroatoms. The highest BCUT2D eigenvalue weighted by Gasteiger charge is 2.33. The van der Waals surface area contributed by atoms with Crippen LogP contribution in [-0.2, 0) is 13.0 Å². The fourth-order valence-electron chi connectivity index (χ4n) is 5.21. The van der Waals surface area contributed by atoms with Crippen molar-refractivity contribution in [1.29, 1.82) is 0 Å². The average Bonchev–Trinajstić information content (AvgIpc) is 3.46. The first-order chi connectivity index (χ1) is 14.6. The van der Waals surface area contributed by atoms with Crippen LogP contribution < -0.4 is 5.56 Å². The maximum absolute atomic E-state index is 14.0. The molecular formula is C23H27FN4O2. The van der Waals surface area contributed by atoms with Gasteiger partial charge < -0.3 is 9.88 Å². The standard InChI is InChI=1S/C23H27FN4O2/c24-19-8-4-3-7-17(19)23(30)28-11-9-15(13-28)21-25-20-10-12-27(16-5-1-2-6-16)14-18(20)22(29)26-21/h3-4,7-8,15-16H,1-2,5-6,9-14H2,(H,25,26,29). The molecule has 0 bridgehead atoms. The van der Waals surface area contributed by atoms with Crippen molar-refractivity contribution < 1.29 is 9.18 Å². The van der Waals surface area contributed by atoms with Crippen molar-refractivity contribution in [1.82, 2.24) is 19.8 Å². The SMILES string of the molecule is O=C(c1ccccc1F)N1CCC(c2nc3c(c(=O)[nH]2)CN(C2CCCC2)CC3)C1. The molecule has 2 aromatic rings. The average molecular weight is 410 g/mol. The molecule has 3 heterocycles. The Labute approximate surface area is 175 Å². The van der Waals surface area contributed by atoms with Crippen molar-refractivity contribution in [2.75, 3.05) is 19.6 Å². The molecule has 1 aromatic heterocycles. The largest absolute Gasteiger partial charge is 0.338 e. The molecule has 30 heavy (non-hydrogen) atoms. The summed E-state index contributed by atoms with van der Waals surface area (Å²) in [6, 6.07) is 6.67. The number of hydrogen-bond acceptors (Lipinski definition) is 4. The Hall–Kier alpha value is -2.54. The summed E-state index contributed by atoms with van der Waals surface area (Å²) in [6.07, 6.45) is 6.54. The van der Waals surface area contributed by atoms with Crippen LogP contribution in [-0.4, -0.2) is 51.4 Å². The molecule has 1 saturated heterocycles. The van der Waals surface area contributed by atoms with Gasteiger partial charge in [-0.3, -0.25) is 14.5 Å². The molecule has 0 spiro atoms. The summed E-state index contributed by atoms with van der Waals surface area (Å²) in [4.78, 5) is 37.4. The highest BCUT2D eigenvalue weighted by molar-refractivity contribution is 5.94. The van der Waals surface area contributed by atoms with Crippen molar-refractivity contribution in [2.45, 2.75) is 57.0 Å². The van der Waals surface area contributed by atoms with E-state index in [9.17, 15) is 14.0 Å². The van der Waals surface area contributed by atoms with Gasteiger partial charge in [0.15, 0.2) is 0 Å². The number of carbonyl (C=O) groups excluding carboxylic acids is 1. The monoisotopic (exact) mass is 410 g/mol. The van der Waals surface area contributed by atoms with Crippen LogP contribution in [0.4, 0.5) is 4.39 Å². The van der Waals surface area contributed by atoms with Crippen molar-refractivity contribution >= 4 is 5.91 Å². The van der Waals surface area contributed by atoms with Gasteiger partial charge in [0.1, 0.15) is 11.6 Å². The van der Waals surface area contributed by atoms with E-state index < -0.39 is 5.82 Å². The van der Waals surface area contributed by atoms with Gasteiger partial charge >= 0.3 is 0 Å². The predicted octanol–water partition coefficient (Wildman–Crippen LogP) is 2.84. The Morgan fingerprint density at radius 3 is 2.73 bits per heavy atom. The van der Waals surface area contributed by atoms with E-state index in [1.807, 2.05) is 0 Å². The molecular weight excluding hydrogens is 383 g/mol. The fraction of sp³-hybridized carbons (Fsp3) is 0.522. The third-order valence-corrected chi connectivity index (χ3v) is 6.92. The lowest BCUT2D eigenvalue weighted by molar-refractivity contribution is 0.0786. The van der Waals surface area contributed by atoms with Gasteiger partial charge in [-0.2, -0.15) is 0 Å². The molecule has 2 aliphatic heterocycles. The van der Waals surface area contributed by atoms with E-state index in [-0.39, 0.29) is 22.9 Å². The number of H-pyrrole nitrogens is 1. The molecule has 158 valence electrons. The molecule has 2 fully saturated rings. The summed E-state index contributed by atoms with van der Waals surface area (Å²) in [5.41, 5.74) is 1.75. The van der Waals surface area contributed by atoms with Gasteiger partial charge in [0.2, 0.25) is 0 Å². The van der Waals surface area contributed by atoms with Crippen molar-refractivity contribution in [3.63, 3.8) is 0 Å². The lowest BCUT2D eigenvalue weighted by Crippen LogP contribution is -2.41. The second-order valence-corrected chi connectivity index (χ2v) is 8.75. The molecule has 1 amide bonds. The minimum absolute atomic E-state index is 0.0217. The second kappa shape index (κ2) is 7.95. The number of halogens is 1. The van der Waals surface area contributed by atoms with E-state index in [0.29, 0.717) is 31.5 Å². The van der Waals surface area contributed by atoms with Gasteiger partial charge in [-0.05, 0) is 31.4 Å². The number of aromatic nitrogens is 2. The van der Waals surface area contributed by atoms with Crippen LogP contribution in [0.2, 0.25) is 0 Å². The van der Waals surface area contributed by atoms with Crippen LogP contribution in [0.15, 0.2) is 29.1 Å². The lowest BCUT2D eigenvalue weighted by Gasteiger charge is -2.32. The van der Waals surface area contributed by atoms with Gasteiger partial charge in [0.25, 0.3) is 11.5 Å². The zero-order valence-electron chi connectivity index (χ0n) is 17.1. The molecule has 1 atom stereocenters. The van der Waals surface area contributed by atoms with Gasteiger partial charge in [-0.1, -0.05) is 25.0 Å². The summed E-state index contributed by atoms with van der Waals surface area (Å²) in [5, 5.41) is 0. The Morgan fingerprint density at radius 2 is 1.93 bits per heavy atom. The number of rotatable bonds is 3. The number of carbonyl (C=O) groups is 1. The van der Waals surface area contributed by atoms with Gasteiger partial charge in [0, 0.05) is 44.6 Å². The molecule has 1 N–H and O–H groups in total. The first-order valence-corrected chi connectivity index (χ1v) is 11.0. The summed E-state index contributed by atoms with van der Waals surface area (Å²) >= 11 is 0. The van der Waals surface area contributed by atoms with Gasteiger partial charge in [0.05, 0.1) is 16.8 Å². The third kappa shape index (κ3) is 3.55. The maximum Gasteiger partial charge on any atom is 0.256 e. The topological polar surface area (TPSA) is 69.3 Å². The van der Waals surface area contributed by atoms with Gasteiger partial charge in [-0.15, -0.1) is 0 Å². The second-order valence-electron chi connectivity index (χ2n) is 8.75. The van der Waals surface area contributed by atoms with E-state index in [4.69, 9.17) is 4.98 Å². The molecule has 1 aliphatic carbocycles. The molecule has 6 nitrogen and oxygen atoms in total. The van der Waals surface area contributed by atoms with E-state index in [1.165, 1.54) is 37.8 Å². The number of likely N-dealkylation sites (tertiary alicyclic amines) is 1. The minimum Gasteiger partial charge on any atom is -0.338 e. The van der Waals surface area contributed by atoms with Crippen LogP contribution in [0.5, 0.6) is 0 Å². The first kappa shape index (κ1) is 19.4. The van der Waals surface area contributed by atoms with E-state index in [1.54, 1.807) is 17.0 Å². The lowest BCUT2D eigenvalue weighted by atomic mass is 10.0. The van der Waals surface area contributed by atoms with Crippen LogP contribution in [0, 0.1) is 5.82 Å². The van der Waals surface area contributed by atoms with Crippen LogP contribution in [0.25, 0.3) is 0 Å². The Balaban J connectivity index is 1.31.